The van der Waals surface area contributed by atoms with Crippen LogP contribution in [0.4, 0.5) is 10.2 Å². The van der Waals surface area contributed by atoms with Gasteiger partial charge < -0.3 is 14.5 Å². The maximum absolute atomic E-state index is 13.6. The van der Waals surface area contributed by atoms with Gasteiger partial charge in [-0.05, 0) is 19.1 Å². The smallest absolute Gasteiger partial charge is 0.260 e. The molecule has 1 amide bonds. The summed E-state index contributed by atoms with van der Waals surface area (Å²) in [7, 11) is 0. The minimum atomic E-state index is -0.463. The molecule has 0 N–H and O–H groups in total. The topological polar surface area (TPSA) is 58.6 Å². The quantitative estimate of drug-likeness (QED) is 0.808. The summed E-state index contributed by atoms with van der Waals surface area (Å²) in [5.74, 6) is 1.50. The molecule has 1 aliphatic heterocycles. The van der Waals surface area contributed by atoms with E-state index in [2.05, 4.69) is 28.7 Å². The first-order valence-corrected chi connectivity index (χ1v) is 9.19. The standard InChI is InChI=1S/C20H25FN4O2/c1-14(2)20-22-15(3)12-18(23-20)24-8-10-25(11-9-24)19(26)13-27-17-7-5-4-6-16(17)21/h4-7,12,14H,8-11,13H2,1-3H3. The van der Waals surface area contributed by atoms with E-state index in [1.807, 2.05) is 13.0 Å². The van der Waals surface area contributed by atoms with E-state index < -0.39 is 5.82 Å². The molecular formula is C20H25FN4O2. The summed E-state index contributed by atoms with van der Waals surface area (Å²) in [6.07, 6.45) is 0. The molecule has 0 radical (unpaired) electrons. The van der Waals surface area contributed by atoms with E-state index in [-0.39, 0.29) is 24.2 Å². The lowest BCUT2D eigenvalue weighted by atomic mass is 10.2. The molecule has 0 atom stereocenters. The zero-order chi connectivity index (χ0) is 19.4. The van der Waals surface area contributed by atoms with Crippen molar-refractivity contribution in [3.05, 3.63) is 47.7 Å². The predicted molar refractivity (Wildman–Crippen MR) is 102 cm³/mol. The molecule has 1 saturated heterocycles. The number of rotatable bonds is 5. The summed E-state index contributed by atoms with van der Waals surface area (Å²) in [6.45, 7) is 8.51. The third kappa shape index (κ3) is 4.72. The van der Waals surface area contributed by atoms with Crippen LogP contribution in [-0.4, -0.2) is 53.6 Å². The van der Waals surface area contributed by atoms with E-state index in [0.717, 1.165) is 17.3 Å². The van der Waals surface area contributed by atoms with Crippen molar-refractivity contribution in [1.82, 2.24) is 14.9 Å². The largest absolute Gasteiger partial charge is 0.481 e. The maximum Gasteiger partial charge on any atom is 0.260 e. The van der Waals surface area contributed by atoms with Gasteiger partial charge in [-0.15, -0.1) is 0 Å². The molecule has 27 heavy (non-hydrogen) atoms. The van der Waals surface area contributed by atoms with Crippen molar-refractivity contribution in [2.24, 2.45) is 0 Å². The Balaban J connectivity index is 1.55. The number of carbonyl (C=O) groups excluding carboxylic acids is 1. The molecule has 2 aromatic rings. The number of aryl methyl sites for hydroxylation is 1. The van der Waals surface area contributed by atoms with E-state index in [9.17, 15) is 9.18 Å². The van der Waals surface area contributed by atoms with Crippen molar-refractivity contribution >= 4 is 11.7 Å². The molecule has 1 fully saturated rings. The lowest BCUT2D eigenvalue weighted by Gasteiger charge is -2.35. The Bertz CT molecular complexity index is 804. The number of ether oxygens (including phenoxy) is 1. The highest BCUT2D eigenvalue weighted by Gasteiger charge is 2.23. The number of hydrogen-bond donors (Lipinski definition) is 0. The molecule has 0 bridgehead atoms. The van der Waals surface area contributed by atoms with Crippen molar-refractivity contribution in [2.45, 2.75) is 26.7 Å². The minimum Gasteiger partial charge on any atom is -0.481 e. The number of amides is 1. The molecule has 6 nitrogen and oxygen atoms in total. The molecule has 0 spiro atoms. The van der Waals surface area contributed by atoms with Crippen molar-refractivity contribution in [1.29, 1.82) is 0 Å². The van der Waals surface area contributed by atoms with E-state index in [4.69, 9.17) is 4.74 Å². The maximum atomic E-state index is 13.6. The van der Waals surface area contributed by atoms with Crippen molar-refractivity contribution in [2.75, 3.05) is 37.7 Å². The Morgan fingerprint density at radius 1 is 1.19 bits per heavy atom. The molecule has 1 aromatic carbocycles. The van der Waals surface area contributed by atoms with Gasteiger partial charge in [0.1, 0.15) is 11.6 Å². The third-order valence-corrected chi connectivity index (χ3v) is 4.52. The van der Waals surface area contributed by atoms with E-state index in [0.29, 0.717) is 26.2 Å². The summed E-state index contributed by atoms with van der Waals surface area (Å²) in [4.78, 5) is 25.4. The first-order chi connectivity index (χ1) is 12.9. The second kappa shape index (κ2) is 8.33. The van der Waals surface area contributed by atoms with Gasteiger partial charge in [-0.3, -0.25) is 4.79 Å². The normalized spacial score (nSPS) is 14.6. The van der Waals surface area contributed by atoms with Crippen LogP contribution >= 0.6 is 0 Å². The highest BCUT2D eigenvalue weighted by molar-refractivity contribution is 5.78. The Kier molecular flexibility index (Phi) is 5.88. The van der Waals surface area contributed by atoms with Gasteiger partial charge in [0, 0.05) is 43.9 Å². The van der Waals surface area contributed by atoms with Crippen LogP contribution in [0.2, 0.25) is 0 Å². The summed E-state index contributed by atoms with van der Waals surface area (Å²) in [5.41, 5.74) is 0.945. The van der Waals surface area contributed by atoms with Crippen LogP contribution in [-0.2, 0) is 4.79 Å². The Morgan fingerprint density at radius 3 is 2.56 bits per heavy atom. The highest BCUT2D eigenvalue weighted by Crippen LogP contribution is 2.19. The Morgan fingerprint density at radius 2 is 1.89 bits per heavy atom. The van der Waals surface area contributed by atoms with Gasteiger partial charge in [-0.2, -0.15) is 0 Å². The summed E-state index contributed by atoms with van der Waals surface area (Å²) < 4.78 is 18.9. The Labute approximate surface area is 159 Å². The van der Waals surface area contributed by atoms with Crippen molar-refractivity contribution in [3.8, 4) is 5.75 Å². The molecule has 7 heteroatoms. The number of aromatic nitrogens is 2. The molecule has 1 aromatic heterocycles. The fourth-order valence-corrected chi connectivity index (χ4v) is 2.97. The van der Waals surface area contributed by atoms with E-state index >= 15 is 0 Å². The second-order valence-corrected chi connectivity index (χ2v) is 6.97. The summed E-state index contributed by atoms with van der Waals surface area (Å²) in [6, 6.07) is 8.07. The van der Waals surface area contributed by atoms with Crippen LogP contribution in [0.1, 0.15) is 31.3 Å². The summed E-state index contributed by atoms with van der Waals surface area (Å²) in [5, 5.41) is 0. The fraction of sp³-hybridized carbons (Fsp3) is 0.450. The first kappa shape index (κ1) is 19.1. The summed E-state index contributed by atoms with van der Waals surface area (Å²) >= 11 is 0. The number of benzene rings is 1. The number of nitrogens with zero attached hydrogens (tertiary/aromatic N) is 4. The number of piperazine rings is 1. The van der Waals surface area contributed by atoms with Gasteiger partial charge in [-0.25, -0.2) is 14.4 Å². The molecule has 144 valence electrons. The van der Waals surface area contributed by atoms with Gasteiger partial charge in [0.2, 0.25) is 0 Å². The average molecular weight is 372 g/mol. The second-order valence-electron chi connectivity index (χ2n) is 6.97. The van der Waals surface area contributed by atoms with Crippen LogP contribution in [0, 0.1) is 12.7 Å². The van der Waals surface area contributed by atoms with E-state index in [1.165, 1.54) is 12.1 Å². The lowest BCUT2D eigenvalue weighted by molar-refractivity contribution is -0.133. The zero-order valence-corrected chi connectivity index (χ0v) is 16.0. The number of anilines is 1. The molecule has 3 rings (SSSR count). The van der Waals surface area contributed by atoms with Gasteiger partial charge in [0.25, 0.3) is 5.91 Å². The predicted octanol–water partition coefficient (Wildman–Crippen LogP) is 2.78. The molecule has 0 aliphatic carbocycles. The van der Waals surface area contributed by atoms with Crippen LogP contribution < -0.4 is 9.64 Å². The molecule has 0 saturated carbocycles. The van der Waals surface area contributed by atoms with Crippen LogP contribution in [0.15, 0.2) is 30.3 Å². The van der Waals surface area contributed by atoms with Gasteiger partial charge in [-0.1, -0.05) is 26.0 Å². The molecule has 1 aliphatic rings. The van der Waals surface area contributed by atoms with Crippen LogP contribution in [0.25, 0.3) is 0 Å². The Hall–Kier alpha value is -2.70. The lowest BCUT2D eigenvalue weighted by Crippen LogP contribution is -2.50. The first-order valence-electron chi connectivity index (χ1n) is 9.19. The SMILES string of the molecule is Cc1cc(N2CCN(C(=O)COc3ccccc3F)CC2)nc(C(C)C)n1. The monoisotopic (exact) mass is 372 g/mol. The molecular weight excluding hydrogens is 347 g/mol. The zero-order valence-electron chi connectivity index (χ0n) is 16.0. The highest BCUT2D eigenvalue weighted by atomic mass is 19.1. The number of para-hydroxylation sites is 1. The van der Waals surface area contributed by atoms with Gasteiger partial charge in [0.05, 0.1) is 0 Å². The average Bonchev–Trinajstić information content (AvgIpc) is 2.66. The van der Waals surface area contributed by atoms with Crippen LogP contribution in [0.3, 0.4) is 0 Å². The van der Waals surface area contributed by atoms with E-state index in [1.54, 1.807) is 17.0 Å². The minimum absolute atomic E-state index is 0.0992. The van der Waals surface area contributed by atoms with Crippen LogP contribution in [0.5, 0.6) is 5.75 Å². The third-order valence-electron chi connectivity index (χ3n) is 4.52. The number of hydrogen-bond acceptors (Lipinski definition) is 5. The van der Waals surface area contributed by atoms with Crippen molar-refractivity contribution in [3.63, 3.8) is 0 Å². The fourth-order valence-electron chi connectivity index (χ4n) is 2.97. The molecule has 2 heterocycles. The number of halogens is 1. The van der Waals surface area contributed by atoms with Gasteiger partial charge in [0.15, 0.2) is 18.2 Å². The van der Waals surface area contributed by atoms with Crippen molar-refractivity contribution < 1.29 is 13.9 Å². The molecule has 0 unspecified atom stereocenters. The van der Waals surface area contributed by atoms with Gasteiger partial charge >= 0.3 is 0 Å². The number of carbonyl (C=O) groups is 1.